The molecule has 2 aliphatic heterocycles. The van der Waals surface area contributed by atoms with E-state index in [0.717, 1.165) is 25.5 Å². The fourth-order valence-electron chi connectivity index (χ4n) is 2.99. The molecule has 0 spiro atoms. The van der Waals surface area contributed by atoms with E-state index in [-0.39, 0.29) is 0 Å². The van der Waals surface area contributed by atoms with Crippen LogP contribution in [0.15, 0.2) is 12.4 Å². The first-order chi connectivity index (χ1) is 8.28. The monoisotopic (exact) mass is 253 g/mol. The highest BCUT2D eigenvalue weighted by Gasteiger charge is 2.47. The fraction of sp³-hybridized carbons (Fsp3) is 0.667. The van der Waals surface area contributed by atoms with Gasteiger partial charge in [0.1, 0.15) is 17.3 Å². The van der Waals surface area contributed by atoms with E-state index < -0.39 is 0 Å². The summed E-state index contributed by atoms with van der Waals surface area (Å²) >= 11 is 5.89. The minimum atomic E-state index is 0.466. The largest absolute Gasteiger partial charge is 0.378 e. The van der Waals surface area contributed by atoms with Gasteiger partial charge in [-0.25, -0.2) is 9.97 Å². The third-order valence-electron chi connectivity index (χ3n) is 3.75. The van der Waals surface area contributed by atoms with Crippen LogP contribution >= 0.6 is 11.6 Å². The molecular formula is C12H16ClN3O. The van der Waals surface area contributed by atoms with Crippen molar-refractivity contribution in [3.05, 3.63) is 17.5 Å². The van der Waals surface area contributed by atoms with Gasteiger partial charge in [-0.05, 0) is 13.3 Å². The summed E-state index contributed by atoms with van der Waals surface area (Å²) in [4.78, 5) is 10.5. The van der Waals surface area contributed by atoms with Crippen LogP contribution in [0.2, 0.25) is 5.15 Å². The van der Waals surface area contributed by atoms with Crippen molar-refractivity contribution in [1.82, 2.24) is 9.97 Å². The summed E-state index contributed by atoms with van der Waals surface area (Å²) in [7, 11) is 0. The van der Waals surface area contributed by atoms with Crippen LogP contribution in [0, 0.1) is 11.8 Å². The second-order valence-electron chi connectivity index (χ2n) is 4.78. The number of anilines is 1. The van der Waals surface area contributed by atoms with Gasteiger partial charge in [0.25, 0.3) is 0 Å². The first kappa shape index (κ1) is 11.2. The zero-order valence-corrected chi connectivity index (χ0v) is 10.6. The van der Waals surface area contributed by atoms with Gasteiger partial charge in [0.05, 0.1) is 6.10 Å². The van der Waals surface area contributed by atoms with Crippen LogP contribution < -0.4 is 4.90 Å². The van der Waals surface area contributed by atoms with Crippen molar-refractivity contribution >= 4 is 17.4 Å². The molecule has 0 amide bonds. The van der Waals surface area contributed by atoms with Gasteiger partial charge in [-0.2, -0.15) is 0 Å². The van der Waals surface area contributed by atoms with E-state index in [9.17, 15) is 0 Å². The van der Waals surface area contributed by atoms with Crippen molar-refractivity contribution < 1.29 is 4.74 Å². The lowest BCUT2D eigenvalue weighted by molar-refractivity contribution is -0.0997. The van der Waals surface area contributed by atoms with Crippen LogP contribution in [0.1, 0.15) is 13.3 Å². The zero-order chi connectivity index (χ0) is 11.8. The van der Waals surface area contributed by atoms with Gasteiger partial charge in [-0.3, -0.25) is 0 Å². The summed E-state index contributed by atoms with van der Waals surface area (Å²) in [5.41, 5.74) is 0. The lowest BCUT2D eigenvalue weighted by atomic mass is 9.68. The average molecular weight is 254 g/mol. The van der Waals surface area contributed by atoms with E-state index >= 15 is 0 Å². The summed E-state index contributed by atoms with van der Waals surface area (Å²) in [5.74, 6) is 2.25. The molecule has 92 valence electrons. The van der Waals surface area contributed by atoms with Gasteiger partial charge in [-0.15, -0.1) is 0 Å². The quantitative estimate of drug-likeness (QED) is 0.773. The first-order valence-corrected chi connectivity index (χ1v) is 6.50. The molecule has 4 nitrogen and oxygen atoms in total. The summed E-state index contributed by atoms with van der Waals surface area (Å²) in [6.45, 7) is 4.93. The Hall–Kier alpha value is -0.870. The lowest BCUT2D eigenvalue weighted by Gasteiger charge is -2.53. The van der Waals surface area contributed by atoms with Gasteiger partial charge < -0.3 is 9.64 Å². The topological polar surface area (TPSA) is 38.2 Å². The minimum Gasteiger partial charge on any atom is -0.378 e. The zero-order valence-electron chi connectivity index (χ0n) is 9.84. The average Bonchev–Trinajstić information content (AvgIpc) is 2.36. The molecule has 1 aromatic heterocycles. The van der Waals surface area contributed by atoms with E-state index in [1.165, 1.54) is 12.7 Å². The number of rotatable bonds is 3. The molecular weight excluding hydrogens is 238 g/mol. The Labute approximate surface area is 106 Å². The van der Waals surface area contributed by atoms with Crippen molar-refractivity contribution in [3.63, 3.8) is 0 Å². The second kappa shape index (κ2) is 4.42. The molecule has 4 rings (SSSR count). The molecule has 17 heavy (non-hydrogen) atoms. The van der Waals surface area contributed by atoms with E-state index in [2.05, 4.69) is 21.8 Å². The van der Waals surface area contributed by atoms with Gasteiger partial charge in [0, 0.05) is 37.6 Å². The van der Waals surface area contributed by atoms with Crippen molar-refractivity contribution in [2.45, 2.75) is 19.4 Å². The predicted molar refractivity (Wildman–Crippen MR) is 66.3 cm³/mol. The maximum absolute atomic E-state index is 5.89. The van der Waals surface area contributed by atoms with Gasteiger partial charge in [0.2, 0.25) is 0 Å². The molecule has 3 aliphatic rings. The Bertz CT molecular complexity index is 402. The highest BCUT2D eigenvalue weighted by atomic mass is 35.5. The summed E-state index contributed by atoms with van der Waals surface area (Å²) in [6.07, 6.45) is 3.28. The van der Waals surface area contributed by atoms with Crippen LogP contribution in [0.5, 0.6) is 0 Å². The number of fused-ring (bicyclic) bond motifs is 2. The summed E-state index contributed by atoms with van der Waals surface area (Å²) in [5, 5.41) is 0.510. The number of ether oxygens (including phenoxy) is 1. The van der Waals surface area contributed by atoms with Gasteiger partial charge in [0.15, 0.2) is 0 Å². The van der Waals surface area contributed by atoms with E-state index in [1.54, 1.807) is 0 Å². The number of piperidine rings is 2. The molecule has 0 N–H and O–H groups in total. The number of hydrogen-bond donors (Lipinski definition) is 0. The maximum Gasteiger partial charge on any atom is 0.134 e. The van der Waals surface area contributed by atoms with Crippen LogP contribution in [0.25, 0.3) is 0 Å². The Kier molecular flexibility index (Phi) is 2.92. The smallest absolute Gasteiger partial charge is 0.134 e. The van der Waals surface area contributed by atoms with Gasteiger partial charge in [-0.1, -0.05) is 11.6 Å². The van der Waals surface area contributed by atoms with Crippen LogP contribution in [-0.4, -0.2) is 35.8 Å². The molecule has 1 saturated carbocycles. The molecule has 1 aliphatic carbocycles. The fourth-order valence-corrected chi connectivity index (χ4v) is 3.13. The minimum absolute atomic E-state index is 0.466. The third-order valence-corrected chi connectivity index (χ3v) is 3.95. The standard InChI is InChI=1S/C12H16ClN3O/c1-2-17-12-8-3-9(12)6-16(5-8)11-4-10(13)14-7-15-11/h4,7-9,12H,2-3,5-6H2,1H3/t8-,9-/m0/s1. The predicted octanol–water partition coefficient (Wildman–Crippen LogP) is 1.99. The Balaban J connectivity index is 1.69. The molecule has 5 heteroatoms. The highest BCUT2D eigenvalue weighted by Crippen LogP contribution is 2.43. The van der Waals surface area contributed by atoms with Gasteiger partial charge >= 0.3 is 0 Å². The summed E-state index contributed by atoms with van der Waals surface area (Å²) < 4.78 is 5.77. The maximum atomic E-state index is 5.89. The molecule has 1 aromatic rings. The second-order valence-corrected chi connectivity index (χ2v) is 5.17. The molecule has 2 saturated heterocycles. The van der Waals surface area contributed by atoms with Crippen molar-refractivity contribution in [3.8, 4) is 0 Å². The normalized spacial score (nSPS) is 31.2. The van der Waals surface area contributed by atoms with Crippen molar-refractivity contribution in [2.24, 2.45) is 11.8 Å². The Morgan fingerprint density at radius 2 is 2.18 bits per heavy atom. The Morgan fingerprint density at radius 3 is 2.82 bits per heavy atom. The van der Waals surface area contributed by atoms with E-state index in [4.69, 9.17) is 16.3 Å². The molecule has 2 atom stereocenters. The number of nitrogens with zero attached hydrogens (tertiary/aromatic N) is 3. The molecule has 0 radical (unpaired) electrons. The SMILES string of the molecule is CCOC1[C@H]2C[C@H]1CN(c1cc(Cl)ncn1)C2. The van der Waals surface area contributed by atoms with E-state index in [0.29, 0.717) is 23.1 Å². The number of aromatic nitrogens is 2. The van der Waals surface area contributed by atoms with E-state index in [1.807, 2.05) is 6.07 Å². The summed E-state index contributed by atoms with van der Waals surface area (Å²) in [6, 6.07) is 1.84. The van der Waals surface area contributed by atoms with Crippen LogP contribution in [0.3, 0.4) is 0 Å². The molecule has 2 bridgehead atoms. The van der Waals surface area contributed by atoms with Crippen molar-refractivity contribution in [2.75, 3.05) is 24.6 Å². The molecule has 0 unspecified atom stereocenters. The molecule has 0 aromatic carbocycles. The molecule has 3 heterocycles. The third kappa shape index (κ3) is 2.00. The van der Waals surface area contributed by atoms with Crippen molar-refractivity contribution in [1.29, 1.82) is 0 Å². The number of hydrogen-bond acceptors (Lipinski definition) is 4. The van der Waals surface area contributed by atoms with Crippen LogP contribution in [-0.2, 0) is 4.74 Å². The Morgan fingerprint density at radius 1 is 1.41 bits per heavy atom. The lowest BCUT2D eigenvalue weighted by Crippen LogP contribution is -2.59. The first-order valence-electron chi connectivity index (χ1n) is 6.12. The van der Waals surface area contributed by atoms with Crippen LogP contribution in [0.4, 0.5) is 5.82 Å². The number of halogens is 1. The molecule has 3 fully saturated rings. The highest BCUT2D eigenvalue weighted by molar-refractivity contribution is 6.29.